The van der Waals surface area contributed by atoms with Crippen LogP contribution in [0.15, 0.2) is 0 Å². The van der Waals surface area contributed by atoms with E-state index in [1.54, 1.807) is 0 Å². The Morgan fingerprint density at radius 2 is 0.600 bits per heavy atom. The van der Waals surface area contributed by atoms with Crippen molar-refractivity contribution in [3.05, 3.63) is 0 Å². The molecule has 0 aromatic rings. The fraction of sp³-hybridized carbons (Fsp3) is 1.00. The van der Waals surface area contributed by atoms with Gasteiger partial charge in [-0.2, -0.15) is 0 Å². The molecule has 0 heterocycles. The Morgan fingerprint density at radius 1 is 0.550 bits per heavy atom. The second kappa shape index (κ2) is 14.8. The minimum absolute atomic E-state index is 0.0139. The molecule has 0 N–H and O–H groups in total. The van der Waals surface area contributed by atoms with Crippen molar-refractivity contribution in [3.8, 4) is 0 Å². The van der Waals surface area contributed by atoms with E-state index in [1.165, 1.54) is 19.4 Å². The van der Waals surface area contributed by atoms with Gasteiger partial charge in [0, 0.05) is 0 Å². The molecule has 0 fully saturated rings. The molecule has 0 spiro atoms. The molecule has 3 nitrogen and oxygen atoms in total. The van der Waals surface area contributed by atoms with E-state index in [4.69, 9.17) is 0 Å². The van der Waals surface area contributed by atoms with Crippen LogP contribution in [0.5, 0.6) is 0 Å². The van der Waals surface area contributed by atoms with Gasteiger partial charge in [-0.1, -0.05) is 78.6 Å². The third-order valence-electron chi connectivity index (χ3n) is 1.30. The summed E-state index contributed by atoms with van der Waals surface area (Å²) in [7, 11) is 4.64. The van der Waals surface area contributed by atoms with E-state index in [2.05, 4.69) is 9.30 Å². The van der Waals surface area contributed by atoms with Crippen molar-refractivity contribution in [1.29, 1.82) is 0 Å². The van der Waals surface area contributed by atoms with Crippen LogP contribution in [-0.2, 0) is 19.4 Å². The topological polar surface area (TPSA) is 69.2 Å². The van der Waals surface area contributed by atoms with Gasteiger partial charge in [0.15, 0.2) is 0 Å². The molecule has 0 aromatic heterocycles. The van der Waals surface area contributed by atoms with Crippen molar-refractivity contribution in [2.24, 2.45) is 16.2 Å². The summed E-state index contributed by atoms with van der Waals surface area (Å²) in [5.74, 6) is 0. The van der Waals surface area contributed by atoms with Crippen LogP contribution < -0.4 is 15.3 Å². The van der Waals surface area contributed by atoms with Crippen LogP contribution in [0.1, 0.15) is 62.3 Å². The number of hydrogen-bond acceptors (Lipinski definition) is 3. The van der Waals surface area contributed by atoms with Gasteiger partial charge in [0.25, 0.3) is 0 Å². The summed E-state index contributed by atoms with van der Waals surface area (Å²) in [5, 5.41) is 29.9. The van der Waals surface area contributed by atoms with E-state index in [1.807, 2.05) is 62.3 Å². The normalized spacial score (nSPS) is 11.2. The molecule has 0 aliphatic heterocycles. The average molecular weight is 345 g/mol. The summed E-state index contributed by atoms with van der Waals surface area (Å²) in [5.41, 5.74) is -0.0417. The molecule has 0 saturated heterocycles. The van der Waals surface area contributed by atoms with Crippen molar-refractivity contribution in [3.63, 3.8) is 0 Å². The molecule has 0 rings (SSSR count). The standard InChI is InChI=1S/3C5H11O.ClH.Ti/c3*1-5(2,3)4-6;;/h3*4H2,1-3H3;1H;/q3*-1;;+4/p-1. The summed E-state index contributed by atoms with van der Waals surface area (Å²) >= 11 is 1.47. The van der Waals surface area contributed by atoms with E-state index in [0.717, 1.165) is 0 Å². The van der Waals surface area contributed by atoms with Crippen molar-refractivity contribution in [1.82, 2.24) is 0 Å². The molecule has 0 atom stereocenters. The van der Waals surface area contributed by atoms with Crippen LogP contribution in [0.25, 0.3) is 0 Å². The quantitative estimate of drug-likeness (QED) is 0.630. The zero-order chi connectivity index (χ0) is 17.6. The maximum atomic E-state index is 9.95. The Hall–Kier alpha value is 0.884. The van der Waals surface area contributed by atoms with Gasteiger partial charge in [-0.15, -0.1) is 19.8 Å². The zero-order valence-electron chi connectivity index (χ0n) is 14.7. The van der Waals surface area contributed by atoms with Gasteiger partial charge < -0.3 is 15.3 Å². The zero-order valence-corrected chi connectivity index (χ0v) is 17.0. The van der Waals surface area contributed by atoms with Gasteiger partial charge in [-0.3, -0.25) is 0 Å². The average Bonchev–Trinajstić information content (AvgIpc) is 2.30. The molecular weight excluding hydrogens is 311 g/mol. The fourth-order valence-corrected chi connectivity index (χ4v) is 0. The van der Waals surface area contributed by atoms with Gasteiger partial charge in [-0.05, 0) is 0 Å². The van der Waals surface area contributed by atoms with E-state index < -0.39 is 0 Å². The molecule has 122 valence electrons. The van der Waals surface area contributed by atoms with Crippen molar-refractivity contribution < 1.29 is 34.7 Å². The second-order valence-electron chi connectivity index (χ2n) is 8.11. The molecule has 0 aliphatic carbocycles. The molecule has 5 heteroatoms. The van der Waals surface area contributed by atoms with Crippen LogP contribution in [0, 0.1) is 16.2 Å². The Bertz CT molecular complexity index is 146. The summed E-state index contributed by atoms with van der Waals surface area (Å²) in [6.45, 7) is 17.4. The first-order chi connectivity index (χ1) is 8.68. The van der Waals surface area contributed by atoms with Crippen LogP contribution in [0.2, 0.25) is 0 Å². The third-order valence-corrected chi connectivity index (χ3v) is 1.30. The Kier molecular flexibility index (Phi) is 21.4. The summed E-state index contributed by atoms with van der Waals surface area (Å²) in [4.78, 5) is 0. The number of rotatable bonds is 0. The van der Waals surface area contributed by atoms with Crippen LogP contribution >= 0.6 is 9.30 Å². The summed E-state index contributed by atoms with van der Waals surface area (Å²) < 4.78 is 0. The predicted molar refractivity (Wildman–Crippen MR) is 78.8 cm³/mol. The van der Waals surface area contributed by atoms with E-state index >= 15 is 0 Å². The third kappa shape index (κ3) is 61.8. The molecule has 0 aromatic carbocycles. The van der Waals surface area contributed by atoms with Crippen molar-refractivity contribution >= 4 is 9.30 Å². The van der Waals surface area contributed by atoms with Crippen molar-refractivity contribution in [2.45, 2.75) is 62.3 Å². The summed E-state index contributed by atoms with van der Waals surface area (Å²) in [6.07, 6.45) is 0. The fourth-order valence-electron chi connectivity index (χ4n) is 0. The SMILES string of the molecule is CC(C)(C)C[O-].CC(C)(C)C[O-].CC(C)(C)C[O-].[Cl][Ti+3]. The maximum absolute atomic E-state index is 9.95. The number of hydrogen-bond donors (Lipinski definition) is 0. The second-order valence-corrected chi connectivity index (χ2v) is 8.11. The van der Waals surface area contributed by atoms with E-state index in [0.29, 0.717) is 0 Å². The first kappa shape index (κ1) is 29.0. The van der Waals surface area contributed by atoms with Crippen molar-refractivity contribution in [2.75, 3.05) is 19.8 Å². The first-order valence-corrected chi connectivity index (χ1v) is 8.76. The summed E-state index contributed by atoms with van der Waals surface area (Å²) in [6, 6.07) is 0. The van der Waals surface area contributed by atoms with E-state index in [-0.39, 0.29) is 36.1 Å². The van der Waals surface area contributed by atoms with Gasteiger partial charge in [0.1, 0.15) is 0 Å². The van der Waals surface area contributed by atoms with Crippen LogP contribution in [0.4, 0.5) is 0 Å². The molecule has 0 unspecified atom stereocenters. The first-order valence-electron chi connectivity index (χ1n) is 6.62. The van der Waals surface area contributed by atoms with Gasteiger partial charge in [0.2, 0.25) is 0 Å². The molecule has 0 radical (unpaired) electrons. The Balaban J connectivity index is -0.0000000902. The minimum atomic E-state index is -0.0139. The van der Waals surface area contributed by atoms with Gasteiger partial charge in [-0.25, -0.2) is 0 Å². The molecule has 0 bridgehead atoms. The molecule has 20 heavy (non-hydrogen) atoms. The Labute approximate surface area is 142 Å². The molecular formula is C15H33ClO3Ti. The van der Waals surface area contributed by atoms with Crippen LogP contribution in [-0.4, -0.2) is 19.8 Å². The molecule has 0 saturated carbocycles. The Morgan fingerprint density at radius 3 is 0.600 bits per heavy atom. The monoisotopic (exact) mass is 344 g/mol. The number of halogens is 1. The molecule has 0 amide bonds. The molecule has 0 aliphatic rings. The van der Waals surface area contributed by atoms with Gasteiger partial charge >= 0.3 is 28.7 Å². The van der Waals surface area contributed by atoms with Crippen LogP contribution in [0.3, 0.4) is 0 Å². The van der Waals surface area contributed by atoms with E-state index in [9.17, 15) is 15.3 Å². The van der Waals surface area contributed by atoms with Gasteiger partial charge in [0.05, 0.1) is 0 Å². The predicted octanol–water partition coefficient (Wildman–Crippen LogP) is 1.87.